The van der Waals surface area contributed by atoms with E-state index in [1.54, 1.807) is 4.90 Å². The summed E-state index contributed by atoms with van der Waals surface area (Å²) in [5.41, 5.74) is 4.24. The highest BCUT2D eigenvalue weighted by Crippen LogP contribution is 2.29. The molecule has 1 rings (SSSR count). The maximum Gasteiger partial charge on any atom is 0.433 e. The Morgan fingerprint density at radius 3 is 2.25 bits per heavy atom. The highest BCUT2D eigenvalue weighted by Gasteiger charge is 2.33. The van der Waals surface area contributed by atoms with Crippen LogP contribution in [0.15, 0.2) is 6.07 Å². The highest BCUT2D eigenvalue weighted by atomic mass is 19.4. The molecular weight excluding hydrogens is 221 g/mol. The summed E-state index contributed by atoms with van der Waals surface area (Å²) < 4.78 is 37.4. The van der Waals surface area contributed by atoms with Crippen LogP contribution in [0.5, 0.6) is 0 Å². The lowest BCUT2D eigenvalue weighted by molar-refractivity contribution is -0.141. The predicted molar refractivity (Wildman–Crippen MR) is 55.0 cm³/mol. The Morgan fingerprint density at radius 2 is 1.81 bits per heavy atom. The SMILES string of the molecule is CCN(CC)c1cc(C(F)(F)F)nc(N)n1. The molecule has 0 atom stereocenters. The number of hydrogen-bond acceptors (Lipinski definition) is 4. The Labute approximate surface area is 91.3 Å². The summed E-state index contributed by atoms with van der Waals surface area (Å²) >= 11 is 0. The number of hydrogen-bond donors (Lipinski definition) is 1. The van der Waals surface area contributed by atoms with Crippen LogP contribution < -0.4 is 10.6 Å². The number of nitrogens with two attached hydrogens (primary N) is 1. The average molecular weight is 234 g/mol. The molecular formula is C9H13F3N4. The number of rotatable bonds is 3. The zero-order valence-corrected chi connectivity index (χ0v) is 9.04. The van der Waals surface area contributed by atoms with E-state index < -0.39 is 11.9 Å². The molecule has 1 heterocycles. The first-order valence-corrected chi connectivity index (χ1v) is 4.85. The molecule has 16 heavy (non-hydrogen) atoms. The number of nitrogen functional groups attached to an aromatic ring is 1. The number of aromatic nitrogens is 2. The molecule has 0 saturated carbocycles. The van der Waals surface area contributed by atoms with E-state index in [1.165, 1.54) is 0 Å². The molecule has 0 radical (unpaired) electrons. The van der Waals surface area contributed by atoms with E-state index in [2.05, 4.69) is 9.97 Å². The van der Waals surface area contributed by atoms with Gasteiger partial charge >= 0.3 is 6.18 Å². The van der Waals surface area contributed by atoms with E-state index in [4.69, 9.17) is 5.73 Å². The van der Waals surface area contributed by atoms with Crippen LogP contribution in [0.25, 0.3) is 0 Å². The highest BCUT2D eigenvalue weighted by molar-refractivity contribution is 5.43. The molecule has 4 nitrogen and oxygen atoms in total. The van der Waals surface area contributed by atoms with Crippen LogP contribution in [0.3, 0.4) is 0 Å². The van der Waals surface area contributed by atoms with Crippen LogP contribution in [0.2, 0.25) is 0 Å². The molecule has 0 bridgehead atoms. The zero-order chi connectivity index (χ0) is 12.3. The Morgan fingerprint density at radius 1 is 1.25 bits per heavy atom. The number of nitrogens with zero attached hydrogens (tertiary/aromatic N) is 3. The molecule has 0 aliphatic heterocycles. The third kappa shape index (κ3) is 2.74. The van der Waals surface area contributed by atoms with Gasteiger partial charge in [0.2, 0.25) is 5.95 Å². The van der Waals surface area contributed by atoms with Gasteiger partial charge < -0.3 is 10.6 Å². The Kier molecular flexibility index (Phi) is 3.56. The molecule has 1 aromatic rings. The zero-order valence-electron chi connectivity index (χ0n) is 9.04. The molecule has 0 amide bonds. The molecule has 0 fully saturated rings. The molecule has 2 N–H and O–H groups in total. The Bertz CT molecular complexity index is 360. The van der Waals surface area contributed by atoms with Crippen molar-refractivity contribution < 1.29 is 13.2 Å². The van der Waals surface area contributed by atoms with Gasteiger partial charge in [0.1, 0.15) is 5.82 Å². The minimum atomic E-state index is -4.50. The van der Waals surface area contributed by atoms with Crippen molar-refractivity contribution in [1.29, 1.82) is 0 Å². The van der Waals surface area contributed by atoms with Crippen molar-refractivity contribution in [3.8, 4) is 0 Å². The van der Waals surface area contributed by atoms with E-state index in [0.29, 0.717) is 13.1 Å². The van der Waals surface area contributed by atoms with Crippen molar-refractivity contribution in [2.45, 2.75) is 20.0 Å². The maximum absolute atomic E-state index is 12.5. The van der Waals surface area contributed by atoms with Gasteiger partial charge in [-0.2, -0.15) is 18.2 Å². The van der Waals surface area contributed by atoms with Gasteiger partial charge in [0, 0.05) is 19.2 Å². The molecule has 1 aromatic heterocycles. The molecule has 0 aliphatic carbocycles. The molecule has 0 aliphatic rings. The van der Waals surface area contributed by atoms with Crippen LogP contribution in [0.1, 0.15) is 19.5 Å². The fourth-order valence-electron chi connectivity index (χ4n) is 1.31. The maximum atomic E-state index is 12.5. The third-order valence-electron chi connectivity index (χ3n) is 2.11. The molecule has 0 unspecified atom stereocenters. The first-order chi connectivity index (χ1) is 7.38. The van der Waals surface area contributed by atoms with Crippen LogP contribution >= 0.6 is 0 Å². The normalized spacial score (nSPS) is 11.6. The van der Waals surface area contributed by atoms with Gasteiger partial charge in [-0.3, -0.25) is 0 Å². The molecule has 90 valence electrons. The number of halogens is 3. The van der Waals surface area contributed by atoms with E-state index in [1.807, 2.05) is 13.8 Å². The first kappa shape index (κ1) is 12.5. The van der Waals surface area contributed by atoms with Crippen molar-refractivity contribution in [1.82, 2.24) is 9.97 Å². The standard InChI is InChI=1S/C9H13F3N4/c1-3-16(4-2)7-5-6(9(10,11)12)14-8(13)15-7/h5H,3-4H2,1-2H3,(H2,13,14,15). The van der Waals surface area contributed by atoms with Gasteiger partial charge in [0.05, 0.1) is 0 Å². The van der Waals surface area contributed by atoms with Crippen molar-refractivity contribution in [3.05, 3.63) is 11.8 Å². The second kappa shape index (κ2) is 4.54. The van der Waals surface area contributed by atoms with Gasteiger partial charge in [-0.25, -0.2) is 4.98 Å². The van der Waals surface area contributed by atoms with Crippen molar-refractivity contribution in [2.75, 3.05) is 23.7 Å². The minimum absolute atomic E-state index is 0.199. The smallest absolute Gasteiger partial charge is 0.368 e. The van der Waals surface area contributed by atoms with E-state index in [9.17, 15) is 13.2 Å². The summed E-state index contributed by atoms with van der Waals surface area (Å²) in [6.07, 6.45) is -4.50. The lowest BCUT2D eigenvalue weighted by Gasteiger charge is -2.20. The molecule has 0 aromatic carbocycles. The first-order valence-electron chi connectivity index (χ1n) is 4.85. The summed E-state index contributed by atoms with van der Waals surface area (Å²) in [4.78, 5) is 8.63. The van der Waals surface area contributed by atoms with Crippen LogP contribution in [-0.4, -0.2) is 23.1 Å². The van der Waals surface area contributed by atoms with Crippen molar-refractivity contribution >= 4 is 11.8 Å². The van der Waals surface area contributed by atoms with Gasteiger partial charge in [-0.15, -0.1) is 0 Å². The molecule has 0 spiro atoms. The fourth-order valence-corrected chi connectivity index (χ4v) is 1.31. The second-order valence-electron chi connectivity index (χ2n) is 3.14. The summed E-state index contributed by atoms with van der Waals surface area (Å²) in [6.45, 7) is 4.78. The van der Waals surface area contributed by atoms with Crippen LogP contribution in [-0.2, 0) is 6.18 Å². The summed E-state index contributed by atoms with van der Waals surface area (Å²) in [5.74, 6) is -0.165. The molecule has 0 saturated heterocycles. The summed E-state index contributed by atoms with van der Waals surface area (Å²) in [7, 11) is 0. The topological polar surface area (TPSA) is 55.0 Å². The minimum Gasteiger partial charge on any atom is -0.368 e. The Hall–Kier alpha value is -1.53. The monoisotopic (exact) mass is 234 g/mol. The third-order valence-corrected chi connectivity index (χ3v) is 2.11. The summed E-state index contributed by atoms with van der Waals surface area (Å²) in [6, 6.07) is 0.906. The summed E-state index contributed by atoms with van der Waals surface area (Å²) in [5, 5.41) is 0. The van der Waals surface area contributed by atoms with Crippen molar-refractivity contribution in [2.24, 2.45) is 0 Å². The quantitative estimate of drug-likeness (QED) is 0.868. The largest absolute Gasteiger partial charge is 0.433 e. The average Bonchev–Trinajstić information content (AvgIpc) is 2.17. The second-order valence-corrected chi connectivity index (χ2v) is 3.14. The lowest BCUT2D eigenvalue weighted by Crippen LogP contribution is -2.24. The Balaban J connectivity index is 3.17. The molecule has 7 heteroatoms. The van der Waals surface area contributed by atoms with E-state index in [-0.39, 0.29) is 11.8 Å². The van der Waals surface area contributed by atoms with Crippen molar-refractivity contribution in [3.63, 3.8) is 0 Å². The van der Waals surface area contributed by atoms with Crippen LogP contribution in [0.4, 0.5) is 24.9 Å². The van der Waals surface area contributed by atoms with Gasteiger partial charge in [-0.05, 0) is 13.8 Å². The van der Waals surface area contributed by atoms with Gasteiger partial charge in [0.25, 0.3) is 0 Å². The number of alkyl halides is 3. The predicted octanol–water partition coefficient (Wildman–Crippen LogP) is 1.92. The van der Waals surface area contributed by atoms with Gasteiger partial charge in [0.15, 0.2) is 5.69 Å². The number of anilines is 2. The fraction of sp³-hybridized carbons (Fsp3) is 0.556. The lowest BCUT2D eigenvalue weighted by atomic mass is 10.3. The van der Waals surface area contributed by atoms with Gasteiger partial charge in [-0.1, -0.05) is 0 Å². The van der Waals surface area contributed by atoms with Crippen LogP contribution in [0, 0.1) is 0 Å². The van der Waals surface area contributed by atoms with E-state index >= 15 is 0 Å². The van der Waals surface area contributed by atoms with E-state index in [0.717, 1.165) is 6.07 Å².